The number of hydrogen-bond donors (Lipinski definition) is 1. The molecule has 2 aliphatic rings. The van der Waals surface area contributed by atoms with Gasteiger partial charge < -0.3 is 14.7 Å². The van der Waals surface area contributed by atoms with Gasteiger partial charge in [-0.05, 0) is 37.8 Å². The lowest BCUT2D eigenvalue weighted by Crippen LogP contribution is -2.52. The molecule has 1 aromatic heterocycles. The third-order valence-electron chi connectivity index (χ3n) is 5.56. The molecule has 7 nitrogen and oxygen atoms in total. The van der Waals surface area contributed by atoms with Gasteiger partial charge in [0.25, 0.3) is 5.91 Å². The largest absolute Gasteiger partial charge is 0.393 e. The summed E-state index contributed by atoms with van der Waals surface area (Å²) < 4.78 is 7.40. The van der Waals surface area contributed by atoms with Gasteiger partial charge in [-0.1, -0.05) is 23.4 Å². The van der Waals surface area contributed by atoms with Gasteiger partial charge in [-0.25, -0.2) is 4.68 Å². The van der Waals surface area contributed by atoms with Gasteiger partial charge in [0, 0.05) is 13.7 Å². The molecule has 1 N–H and O–H groups in total. The topological polar surface area (TPSA) is 80.5 Å². The van der Waals surface area contributed by atoms with Crippen molar-refractivity contribution in [2.45, 2.75) is 43.4 Å². The molecule has 132 valence electrons. The minimum absolute atomic E-state index is 0.115. The normalized spacial score (nSPS) is 28.8. The second kappa shape index (κ2) is 6.24. The van der Waals surface area contributed by atoms with E-state index in [1.54, 1.807) is 22.9 Å². The number of carbonyl (C=O) groups is 1. The number of aromatic nitrogens is 3. The van der Waals surface area contributed by atoms with Crippen molar-refractivity contribution in [3.05, 3.63) is 42.2 Å². The number of likely N-dealkylation sites (tertiary alicyclic amines) is 1. The lowest BCUT2D eigenvalue weighted by atomic mass is 9.79. The summed E-state index contributed by atoms with van der Waals surface area (Å²) in [6, 6.07) is 9.45. The average molecular weight is 342 g/mol. The van der Waals surface area contributed by atoms with E-state index < -0.39 is 0 Å². The van der Waals surface area contributed by atoms with Crippen molar-refractivity contribution in [2.24, 2.45) is 0 Å². The second-order valence-corrected chi connectivity index (χ2v) is 6.85. The lowest BCUT2D eigenvalue weighted by Gasteiger charge is -2.42. The molecule has 7 heteroatoms. The van der Waals surface area contributed by atoms with E-state index in [9.17, 15) is 9.90 Å². The standard InChI is InChI=1S/C18H22N4O3/c1-25-18-8-7-14(23)11-16(18)21(10-9-18)17(24)15-12-22(20-19-15)13-5-3-2-4-6-13/h2-6,12,14,16,23H,7-11H2,1H3/t14-,16+,18-/m1/s1. The molecule has 1 saturated carbocycles. The molecule has 1 aliphatic carbocycles. The molecule has 0 bridgehead atoms. The van der Waals surface area contributed by atoms with E-state index in [2.05, 4.69) is 10.3 Å². The van der Waals surface area contributed by atoms with Gasteiger partial charge >= 0.3 is 0 Å². The smallest absolute Gasteiger partial charge is 0.276 e. The fourth-order valence-electron chi connectivity index (χ4n) is 4.14. The number of aliphatic hydroxyl groups is 1. The van der Waals surface area contributed by atoms with Gasteiger partial charge in [0.2, 0.25) is 0 Å². The van der Waals surface area contributed by atoms with Crippen molar-refractivity contribution in [1.29, 1.82) is 0 Å². The van der Waals surface area contributed by atoms with Crippen LogP contribution in [0.25, 0.3) is 5.69 Å². The van der Waals surface area contributed by atoms with Crippen molar-refractivity contribution in [2.75, 3.05) is 13.7 Å². The van der Waals surface area contributed by atoms with Crippen LogP contribution in [-0.2, 0) is 4.74 Å². The third-order valence-corrected chi connectivity index (χ3v) is 5.56. The van der Waals surface area contributed by atoms with E-state index in [0.717, 1.165) is 24.9 Å². The van der Waals surface area contributed by atoms with Crippen LogP contribution in [0.1, 0.15) is 36.2 Å². The maximum absolute atomic E-state index is 13.0. The Morgan fingerprint density at radius 2 is 2.12 bits per heavy atom. The molecular formula is C18H22N4O3. The maximum Gasteiger partial charge on any atom is 0.276 e. The lowest BCUT2D eigenvalue weighted by molar-refractivity contribution is -0.0824. The predicted molar refractivity (Wildman–Crippen MR) is 90.4 cm³/mol. The van der Waals surface area contributed by atoms with Crippen molar-refractivity contribution >= 4 is 5.91 Å². The highest BCUT2D eigenvalue weighted by molar-refractivity contribution is 5.92. The van der Waals surface area contributed by atoms with Gasteiger partial charge in [-0.2, -0.15) is 0 Å². The second-order valence-electron chi connectivity index (χ2n) is 6.85. The number of ether oxygens (including phenoxy) is 1. The molecule has 0 unspecified atom stereocenters. The predicted octanol–water partition coefficient (Wildman–Crippen LogP) is 1.41. The number of hydrogen-bond acceptors (Lipinski definition) is 5. The molecule has 0 radical (unpaired) electrons. The highest BCUT2D eigenvalue weighted by Gasteiger charge is 2.52. The number of para-hydroxylation sites is 1. The van der Waals surface area contributed by atoms with Gasteiger partial charge in [-0.3, -0.25) is 4.79 Å². The van der Waals surface area contributed by atoms with Crippen LogP contribution >= 0.6 is 0 Å². The summed E-state index contributed by atoms with van der Waals surface area (Å²) in [6.45, 7) is 0.613. The van der Waals surface area contributed by atoms with Crippen molar-refractivity contribution in [1.82, 2.24) is 19.9 Å². The first-order chi connectivity index (χ1) is 12.1. The highest BCUT2D eigenvalue weighted by atomic mass is 16.5. The van der Waals surface area contributed by atoms with Crippen LogP contribution in [0.5, 0.6) is 0 Å². The number of fused-ring (bicyclic) bond motifs is 1. The van der Waals surface area contributed by atoms with E-state index in [0.29, 0.717) is 18.7 Å². The highest BCUT2D eigenvalue weighted by Crippen LogP contribution is 2.42. The summed E-state index contributed by atoms with van der Waals surface area (Å²) in [5, 5.41) is 18.2. The van der Waals surface area contributed by atoms with Crippen LogP contribution in [0.3, 0.4) is 0 Å². The maximum atomic E-state index is 13.0. The number of aliphatic hydroxyl groups excluding tert-OH is 1. The van der Waals surface area contributed by atoms with Crippen LogP contribution in [0.4, 0.5) is 0 Å². The molecule has 3 atom stereocenters. The Bertz CT molecular complexity index is 763. The molecule has 2 aromatic rings. The van der Waals surface area contributed by atoms with Gasteiger partial charge in [0.05, 0.1) is 29.6 Å². The van der Waals surface area contributed by atoms with Gasteiger partial charge in [0.15, 0.2) is 5.69 Å². The van der Waals surface area contributed by atoms with Crippen molar-refractivity contribution in [3.8, 4) is 5.69 Å². The number of carbonyl (C=O) groups excluding carboxylic acids is 1. The van der Waals surface area contributed by atoms with E-state index in [1.807, 2.05) is 30.3 Å². The molecule has 1 aliphatic heterocycles. The Morgan fingerprint density at radius 3 is 2.88 bits per heavy atom. The first-order valence-electron chi connectivity index (χ1n) is 8.65. The molecule has 25 heavy (non-hydrogen) atoms. The molecule has 2 fully saturated rings. The minimum atomic E-state index is -0.387. The van der Waals surface area contributed by atoms with Crippen LogP contribution in [0, 0.1) is 0 Å². The quantitative estimate of drug-likeness (QED) is 0.912. The monoisotopic (exact) mass is 342 g/mol. The van der Waals surface area contributed by atoms with E-state index in [1.165, 1.54) is 0 Å². The fraction of sp³-hybridized carbons (Fsp3) is 0.500. The van der Waals surface area contributed by atoms with Crippen molar-refractivity contribution in [3.63, 3.8) is 0 Å². The summed E-state index contributed by atoms with van der Waals surface area (Å²) in [5.41, 5.74) is 0.829. The van der Waals surface area contributed by atoms with Crippen LogP contribution in [-0.4, -0.2) is 62.3 Å². The molecule has 1 amide bonds. The zero-order valence-corrected chi connectivity index (χ0v) is 14.2. The minimum Gasteiger partial charge on any atom is -0.393 e. The van der Waals surface area contributed by atoms with Crippen LogP contribution < -0.4 is 0 Å². The van der Waals surface area contributed by atoms with Crippen LogP contribution in [0.2, 0.25) is 0 Å². The number of nitrogens with zero attached hydrogens (tertiary/aromatic N) is 4. The Kier molecular flexibility index (Phi) is 4.05. The zero-order chi connectivity index (χ0) is 17.4. The summed E-state index contributed by atoms with van der Waals surface area (Å²) in [7, 11) is 1.70. The number of methoxy groups -OCH3 is 1. The van der Waals surface area contributed by atoms with Crippen LogP contribution in [0.15, 0.2) is 36.5 Å². The summed E-state index contributed by atoms with van der Waals surface area (Å²) in [6.07, 6.45) is 4.10. The molecule has 4 rings (SSSR count). The van der Waals surface area contributed by atoms with Gasteiger partial charge in [0.1, 0.15) is 0 Å². The number of benzene rings is 1. The van der Waals surface area contributed by atoms with E-state index in [-0.39, 0.29) is 23.7 Å². The van der Waals surface area contributed by atoms with E-state index in [4.69, 9.17) is 4.74 Å². The molecule has 1 saturated heterocycles. The van der Waals surface area contributed by atoms with E-state index >= 15 is 0 Å². The fourth-order valence-corrected chi connectivity index (χ4v) is 4.14. The van der Waals surface area contributed by atoms with Crippen molar-refractivity contribution < 1.29 is 14.6 Å². The number of amides is 1. The first-order valence-corrected chi connectivity index (χ1v) is 8.65. The Hall–Kier alpha value is -2.25. The SMILES string of the molecule is CO[C@@]12CC[C@@H](O)C[C@@H]1N(C(=O)c1cn(-c3ccccc3)nn1)CC2. The first kappa shape index (κ1) is 16.2. The summed E-state index contributed by atoms with van der Waals surface area (Å²) in [4.78, 5) is 14.8. The van der Waals surface area contributed by atoms with Gasteiger partial charge in [-0.15, -0.1) is 5.10 Å². The third kappa shape index (κ3) is 2.73. The molecule has 1 aromatic carbocycles. The average Bonchev–Trinajstić information content (AvgIpc) is 3.27. The Balaban J connectivity index is 1.58. The summed E-state index contributed by atoms with van der Waals surface area (Å²) >= 11 is 0. The molecule has 0 spiro atoms. The zero-order valence-electron chi connectivity index (χ0n) is 14.2. The Labute approximate surface area is 146 Å². The molecular weight excluding hydrogens is 320 g/mol. The summed E-state index contributed by atoms with van der Waals surface area (Å²) in [5.74, 6) is -0.153. The molecule has 2 heterocycles. The number of rotatable bonds is 3. The Morgan fingerprint density at radius 1 is 1.32 bits per heavy atom.